The van der Waals surface area contributed by atoms with E-state index in [-0.39, 0.29) is 12.0 Å². The lowest BCUT2D eigenvalue weighted by Gasteiger charge is -2.33. The summed E-state index contributed by atoms with van der Waals surface area (Å²) in [6.45, 7) is 7.05. The molecule has 162 valence electrons. The normalized spacial score (nSPS) is 18.2. The van der Waals surface area contributed by atoms with Crippen molar-refractivity contribution in [1.82, 2.24) is 20.4 Å². The van der Waals surface area contributed by atoms with Crippen LogP contribution in [0.1, 0.15) is 43.4 Å². The van der Waals surface area contributed by atoms with Crippen LogP contribution in [0.3, 0.4) is 0 Å². The van der Waals surface area contributed by atoms with Crippen LogP contribution in [-0.4, -0.2) is 32.2 Å². The number of nitrogens with zero attached hydrogens (tertiary/aromatic N) is 3. The second kappa shape index (κ2) is 8.98. The van der Waals surface area contributed by atoms with E-state index in [9.17, 15) is 4.79 Å². The van der Waals surface area contributed by atoms with Crippen molar-refractivity contribution in [2.24, 2.45) is 11.8 Å². The van der Waals surface area contributed by atoms with Gasteiger partial charge in [0.1, 0.15) is 5.69 Å². The molecule has 1 aromatic carbocycles. The zero-order valence-electron chi connectivity index (χ0n) is 18.1. The summed E-state index contributed by atoms with van der Waals surface area (Å²) in [4.78, 5) is 20.0. The van der Waals surface area contributed by atoms with Crippen LogP contribution in [0, 0.1) is 18.8 Å². The van der Waals surface area contributed by atoms with E-state index in [0.717, 1.165) is 23.1 Å². The van der Waals surface area contributed by atoms with E-state index < -0.39 is 5.97 Å². The van der Waals surface area contributed by atoms with Crippen molar-refractivity contribution in [1.29, 1.82) is 0 Å². The van der Waals surface area contributed by atoms with Gasteiger partial charge in [0.15, 0.2) is 0 Å². The number of aromatic nitrogens is 3. The van der Waals surface area contributed by atoms with E-state index in [1.807, 2.05) is 19.1 Å². The first-order chi connectivity index (χ1) is 14.9. The third-order valence-corrected chi connectivity index (χ3v) is 5.70. The summed E-state index contributed by atoms with van der Waals surface area (Å²) in [6, 6.07) is 10.5. The van der Waals surface area contributed by atoms with E-state index in [2.05, 4.69) is 52.5 Å². The highest BCUT2D eigenvalue weighted by molar-refractivity contribution is 5.71. The highest BCUT2D eigenvalue weighted by Gasteiger charge is 2.33. The smallest absolute Gasteiger partial charge is 0.306 e. The predicted octanol–water partition coefficient (Wildman–Crippen LogP) is 4.26. The molecule has 31 heavy (non-hydrogen) atoms. The number of carboxylic acid groups (broad SMARTS) is 1. The summed E-state index contributed by atoms with van der Waals surface area (Å²) < 4.78 is 5.48. The number of carbonyl (C=O) groups is 1. The van der Waals surface area contributed by atoms with E-state index in [1.165, 1.54) is 5.56 Å². The molecule has 0 spiro atoms. The van der Waals surface area contributed by atoms with Gasteiger partial charge < -0.3 is 14.9 Å². The highest BCUT2D eigenvalue weighted by atomic mass is 16.5. The number of aryl methyl sites for hydroxylation is 1. The molecule has 4 rings (SSSR count). The maximum absolute atomic E-state index is 10.9. The van der Waals surface area contributed by atoms with E-state index >= 15 is 0 Å². The molecule has 0 radical (unpaired) electrons. The summed E-state index contributed by atoms with van der Waals surface area (Å²) in [6.07, 6.45) is 4.22. The van der Waals surface area contributed by atoms with E-state index in [0.29, 0.717) is 42.7 Å². The first-order valence-electron chi connectivity index (χ1n) is 10.7. The van der Waals surface area contributed by atoms with Crippen LogP contribution in [-0.2, 0) is 17.8 Å². The van der Waals surface area contributed by atoms with Crippen molar-refractivity contribution in [3.63, 3.8) is 0 Å². The SMILES string of the molecule is Cc1cc(CNC2CC(C(=O)O)C2)cnc1-c1noc(-c2ccc(CC(C)C)cc2)n1. The summed E-state index contributed by atoms with van der Waals surface area (Å²) in [5.41, 5.74) is 4.90. The lowest BCUT2D eigenvalue weighted by molar-refractivity contribution is -0.145. The third kappa shape index (κ3) is 4.99. The van der Waals surface area contributed by atoms with Gasteiger partial charge in [-0.15, -0.1) is 0 Å². The topological polar surface area (TPSA) is 101 Å². The fourth-order valence-electron chi connectivity index (χ4n) is 3.90. The van der Waals surface area contributed by atoms with Crippen LogP contribution in [0.4, 0.5) is 0 Å². The molecule has 0 amide bonds. The van der Waals surface area contributed by atoms with Gasteiger partial charge in [0.05, 0.1) is 5.92 Å². The molecule has 2 heterocycles. The molecule has 2 N–H and O–H groups in total. The summed E-state index contributed by atoms with van der Waals surface area (Å²) >= 11 is 0. The average Bonchev–Trinajstić information content (AvgIpc) is 3.16. The van der Waals surface area contributed by atoms with Gasteiger partial charge in [-0.1, -0.05) is 37.2 Å². The van der Waals surface area contributed by atoms with Crippen LogP contribution in [0.5, 0.6) is 0 Å². The monoisotopic (exact) mass is 420 g/mol. The van der Waals surface area contributed by atoms with Gasteiger partial charge in [-0.25, -0.2) is 0 Å². The van der Waals surface area contributed by atoms with Crippen LogP contribution >= 0.6 is 0 Å². The Bertz CT molecular complexity index is 1050. The summed E-state index contributed by atoms with van der Waals surface area (Å²) in [7, 11) is 0. The molecule has 7 heteroatoms. The molecule has 1 aliphatic carbocycles. The van der Waals surface area contributed by atoms with Gasteiger partial charge in [-0.05, 0) is 60.9 Å². The van der Waals surface area contributed by atoms with Crippen LogP contribution in [0.2, 0.25) is 0 Å². The van der Waals surface area contributed by atoms with E-state index in [1.54, 1.807) is 6.20 Å². The molecule has 1 saturated carbocycles. The number of benzene rings is 1. The van der Waals surface area contributed by atoms with Crippen molar-refractivity contribution in [2.75, 3.05) is 0 Å². The fourth-order valence-corrected chi connectivity index (χ4v) is 3.90. The molecule has 0 unspecified atom stereocenters. The Hall–Kier alpha value is -3.06. The maximum atomic E-state index is 10.9. The first kappa shape index (κ1) is 21.2. The molecule has 0 atom stereocenters. The molecule has 3 aromatic rings. The standard InChI is InChI=1S/C24H28N4O3/c1-14(2)8-16-4-6-18(7-5-16)23-27-22(28-31-23)21-15(3)9-17(13-26-21)12-25-20-10-19(11-20)24(29)30/h4-7,9,13-14,19-20,25H,8,10-12H2,1-3H3,(H,29,30). The van der Waals surface area contributed by atoms with Crippen molar-refractivity contribution < 1.29 is 14.4 Å². The Labute approximate surface area is 181 Å². The quantitative estimate of drug-likeness (QED) is 0.561. The molecule has 0 bridgehead atoms. The number of hydrogen-bond acceptors (Lipinski definition) is 6. The highest BCUT2D eigenvalue weighted by Crippen LogP contribution is 2.28. The lowest BCUT2D eigenvalue weighted by atomic mass is 9.80. The van der Waals surface area contributed by atoms with Crippen molar-refractivity contribution in [2.45, 2.75) is 52.6 Å². The Morgan fingerprint density at radius 2 is 1.97 bits per heavy atom. The minimum absolute atomic E-state index is 0.210. The number of carboxylic acids is 1. The lowest BCUT2D eigenvalue weighted by Crippen LogP contribution is -2.43. The van der Waals surface area contributed by atoms with Gasteiger partial charge in [0, 0.05) is 24.3 Å². The Morgan fingerprint density at radius 1 is 1.23 bits per heavy atom. The number of rotatable bonds is 8. The summed E-state index contributed by atoms with van der Waals surface area (Å²) in [5.74, 6) is 0.658. The minimum Gasteiger partial charge on any atom is -0.481 e. The van der Waals surface area contributed by atoms with Gasteiger partial charge in [-0.2, -0.15) is 4.98 Å². The van der Waals surface area contributed by atoms with Crippen molar-refractivity contribution in [3.8, 4) is 23.0 Å². The Balaban J connectivity index is 1.40. The minimum atomic E-state index is -0.703. The Kier molecular flexibility index (Phi) is 6.13. The molecule has 2 aromatic heterocycles. The molecular formula is C24H28N4O3. The van der Waals surface area contributed by atoms with Crippen molar-refractivity contribution in [3.05, 3.63) is 53.2 Å². The molecule has 7 nitrogen and oxygen atoms in total. The Morgan fingerprint density at radius 3 is 2.61 bits per heavy atom. The number of pyridine rings is 1. The van der Waals surface area contributed by atoms with Gasteiger partial charge in [0.25, 0.3) is 5.89 Å². The molecule has 1 aliphatic rings. The molecular weight excluding hydrogens is 392 g/mol. The zero-order valence-corrected chi connectivity index (χ0v) is 18.1. The number of aliphatic carboxylic acids is 1. The number of nitrogens with one attached hydrogen (secondary N) is 1. The van der Waals surface area contributed by atoms with Gasteiger partial charge in [-0.3, -0.25) is 9.78 Å². The van der Waals surface area contributed by atoms with Gasteiger partial charge in [0.2, 0.25) is 5.82 Å². The predicted molar refractivity (Wildman–Crippen MR) is 117 cm³/mol. The summed E-state index contributed by atoms with van der Waals surface area (Å²) in [5, 5.41) is 16.5. The largest absolute Gasteiger partial charge is 0.481 e. The number of hydrogen-bond donors (Lipinski definition) is 2. The fraction of sp³-hybridized carbons (Fsp3) is 0.417. The van der Waals surface area contributed by atoms with E-state index in [4.69, 9.17) is 9.63 Å². The van der Waals surface area contributed by atoms with Crippen LogP contribution in [0.25, 0.3) is 23.0 Å². The average molecular weight is 421 g/mol. The molecule has 1 fully saturated rings. The van der Waals surface area contributed by atoms with Crippen molar-refractivity contribution >= 4 is 5.97 Å². The third-order valence-electron chi connectivity index (χ3n) is 5.70. The maximum Gasteiger partial charge on any atom is 0.306 e. The molecule has 0 aliphatic heterocycles. The van der Waals surface area contributed by atoms with Crippen LogP contribution < -0.4 is 5.32 Å². The first-order valence-corrected chi connectivity index (χ1v) is 10.7. The molecule has 0 saturated heterocycles. The second-order valence-corrected chi connectivity index (χ2v) is 8.81. The second-order valence-electron chi connectivity index (χ2n) is 8.81. The van der Waals surface area contributed by atoms with Gasteiger partial charge >= 0.3 is 5.97 Å². The van der Waals surface area contributed by atoms with Crippen LogP contribution in [0.15, 0.2) is 41.1 Å². The zero-order chi connectivity index (χ0) is 22.0.